The highest BCUT2D eigenvalue weighted by Gasteiger charge is 2.21. The Bertz CT molecular complexity index is 508. The summed E-state index contributed by atoms with van der Waals surface area (Å²) in [6, 6.07) is 6.94. The Kier molecular flexibility index (Phi) is 5.95. The molecule has 0 spiro atoms. The van der Waals surface area contributed by atoms with Crippen LogP contribution in [0.4, 0.5) is 0 Å². The fourth-order valence-corrected chi connectivity index (χ4v) is 2.64. The van der Waals surface area contributed by atoms with E-state index in [2.05, 4.69) is 18.7 Å². The lowest BCUT2D eigenvalue weighted by atomic mass is 10.2. The highest BCUT2D eigenvalue weighted by atomic mass is 16.5. The molecule has 1 saturated heterocycles. The topological polar surface area (TPSA) is 49.9 Å². The number of piperazine rings is 1. The summed E-state index contributed by atoms with van der Waals surface area (Å²) < 4.78 is 5.50. The molecule has 120 valence electrons. The molecule has 5 heteroatoms. The van der Waals surface area contributed by atoms with E-state index in [-0.39, 0.29) is 12.5 Å². The monoisotopic (exact) mass is 304 g/mol. The van der Waals surface area contributed by atoms with Crippen molar-refractivity contribution in [1.29, 1.82) is 0 Å². The normalized spacial score (nSPS) is 15.9. The summed E-state index contributed by atoms with van der Waals surface area (Å²) in [5.41, 5.74) is 0.469. The van der Waals surface area contributed by atoms with Crippen molar-refractivity contribution < 1.29 is 14.3 Å². The standard InChI is InChI=1S/C17H24N2O3/c1-14(2)11-18-7-9-19(10-8-18)17(21)13-22-16-6-4-3-5-15(16)12-20/h3-6,12,14H,7-11,13H2,1-2H3. The van der Waals surface area contributed by atoms with Crippen LogP contribution in [0.5, 0.6) is 5.75 Å². The first-order chi connectivity index (χ1) is 10.6. The lowest BCUT2D eigenvalue weighted by Gasteiger charge is -2.35. The van der Waals surface area contributed by atoms with Crippen molar-refractivity contribution in [3.8, 4) is 5.75 Å². The van der Waals surface area contributed by atoms with Crippen LogP contribution in [-0.4, -0.2) is 61.3 Å². The van der Waals surface area contributed by atoms with Gasteiger partial charge in [0.25, 0.3) is 5.91 Å². The number of hydrogen-bond acceptors (Lipinski definition) is 4. The molecular weight excluding hydrogens is 280 g/mol. The van der Waals surface area contributed by atoms with Gasteiger partial charge < -0.3 is 9.64 Å². The van der Waals surface area contributed by atoms with Crippen molar-refractivity contribution in [3.05, 3.63) is 29.8 Å². The molecule has 1 amide bonds. The van der Waals surface area contributed by atoms with Crippen LogP contribution in [0.3, 0.4) is 0 Å². The van der Waals surface area contributed by atoms with Crippen molar-refractivity contribution in [2.75, 3.05) is 39.3 Å². The lowest BCUT2D eigenvalue weighted by Crippen LogP contribution is -2.50. The van der Waals surface area contributed by atoms with Gasteiger partial charge in [0.1, 0.15) is 5.75 Å². The first kappa shape index (κ1) is 16.5. The second-order valence-electron chi connectivity index (χ2n) is 6.02. The Morgan fingerprint density at radius 2 is 1.91 bits per heavy atom. The average molecular weight is 304 g/mol. The van der Waals surface area contributed by atoms with Gasteiger partial charge in [0.2, 0.25) is 0 Å². The summed E-state index contributed by atoms with van der Waals surface area (Å²) in [4.78, 5) is 27.3. The van der Waals surface area contributed by atoms with Gasteiger partial charge in [0.15, 0.2) is 12.9 Å². The maximum Gasteiger partial charge on any atom is 0.260 e. The van der Waals surface area contributed by atoms with Crippen molar-refractivity contribution in [3.63, 3.8) is 0 Å². The first-order valence-corrected chi connectivity index (χ1v) is 7.77. The van der Waals surface area contributed by atoms with E-state index in [9.17, 15) is 9.59 Å². The fourth-order valence-electron chi connectivity index (χ4n) is 2.64. The van der Waals surface area contributed by atoms with Crippen LogP contribution in [0, 0.1) is 5.92 Å². The zero-order valence-corrected chi connectivity index (χ0v) is 13.3. The number of aldehydes is 1. The number of para-hydroxylation sites is 1. The summed E-state index contributed by atoms with van der Waals surface area (Å²) in [6.45, 7) is 8.77. The number of carbonyl (C=O) groups is 2. The minimum Gasteiger partial charge on any atom is -0.483 e. The number of amides is 1. The van der Waals surface area contributed by atoms with Gasteiger partial charge in [-0.1, -0.05) is 26.0 Å². The largest absolute Gasteiger partial charge is 0.483 e. The van der Waals surface area contributed by atoms with Gasteiger partial charge in [-0.2, -0.15) is 0 Å². The summed E-state index contributed by atoms with van der Waals surface area (Å²) in [5.74, 6) is 1.08. The summed E-state index contributed by atoms with van der Waals surface area (Å²) in [5, 5.41) is 0. The zero-order chi connectivity index (χ0) is 15.9. The summed E-state index contributed by atoms with van der Waals surface area (Å²) in [7, 11) is 0. The Labute approximate surface area is 131 Å². The second kappa shape index (κ2) is 7.94. The Morgan fingerprint density at radius 1 is 1.23 bits per heavy atom. The van der Waals surface area contributed by atoms with Crippen molar-refractivity contribution >= 4 is 12.2 Å². The minimum atomic E-state index is -0.0232. The zero-order valence-electron chi connectivity index (χ0n) is 13.3. The van der Waals surface area contributed by atoms with E-state index in [1.165, 1.54) is 0 Å². The average Bonchev–Trinajstić information content (AvgIpc) is 2.53. The molecule has 5 nitrogen and oxygen atoms in total. The van der Waals surface area contributed by atoms with Crippen LogP contribution in [0.2, 0.25) is 0 Å². The second-order valence-corrected chi connectivity index (χ2v) is 6.02. The molecule has 1 aromatic rings. The van der Waals surface area contributed by atoms with Crippen molar-refractivity contribution in [2.45, 2.75) is 13.8 Å². The molecule has 1 aliphatic heterocycles. The molecule has 22 heavy (non-hydrogen) atoms. The number of hydrogen-bond donors (Lipinski definition) is 0. The third-order valence-corrected chi connectivity index (χ3v) is 3.75. The Balaban J connectivity index is 1.80. The minimum absolute atomic E-state index is 0.0188. The molecule has 0 aliphatic carbocycles. The molecule has 0 N–H and O–H groups in total. The molecule has 1 heterocycles. The van der Waals surface area contributed by atoms with E-state index in [4.69, 9.17) is 4.74 Å². The van der Waals surface area contributed by atoms with Gasteiger partial charge in [-0.3, -0.25) is 14.5 Å². The van der Waals surface area contributed by atoms with E-state index in [1.54, 1.807) is 24.3 Å². The van der Waals surface area contributed by atoms with Gasteiger partial charge in [0, 0.05) is 32.7 Å². The van der Waals surface area contributed by atoms with E-state index in [0.29, 0.717) is 17.2 Å². The lowest BCUT2D eigenvalue weighted by molar-refractivity contribution is -0.135. The molecule has 1 aliphatic rings. The van der Waals surface area contributed by atoms with Gasteiger partial charge in [0.05, 0.1) is 5.56 Å². The smallest absolute Gasteiger partial charge is 0.260 e. The number of rotatable bonds is 6. The molecule has 0 aromatic heterocycles. The first-order valence-electron chi connectivity index (χ1n) is 7.77. The van der Waals surface area contributed by atoms with Gasteiger partial charge in [-0.15, -0.1) is 0 Å². The van der Waals surface area contributed by atoms with E-state index >= 15 is 0 Å². The van der Waals surface area contributed by atoms with Crippen molar-refractivity contribution in [1.82, 2.24) is 9.80 Å². The molecule has 0 saturated carbocycles. The van der Waals surface area contributed by atoms with Crippen molar-refractivity contribution in [2.24, 2.45) is 5.92 Å². The molecule has 0 atom stereocenters. The van der Waals surface area contributed by atoms with E-state index < -0.39 is 0 Å². The van der Waals surface area contributed by atoms with Crippen LogP contribution in [-0.2, 0) is 4.79 Å². The molecule has 0 bridgehead atoms. The molecule has 2 rings (SSSR count). The fraction of sp³-hybridized carbons (Fsp3) is 0.529. The predicted octanol–water partition coefficient (Wildman–Crippen LogP) is 1.68. The quantitative estimate of drug-likeness (QED) is 0.750. The van der Waals surface area contributed by atoms with Crippen LogP contribution < -0.4 is 4.74 Å². The molecular formula is C17H24N2O3. The van der Waals surface area contributed by atoms with E-state index in [0.717, 1.165) is 39.0 Å². The molecule has 1 fully saturated rings. The van der Waals surface area contributed by atoms with E-state index in [1.807, 2.05) is 4.90 Å². The Hall–Kier alpha value is -1.88. The van der Waals surface area contributed by atoms with Gasteiger partial charge >= 0.3 is 0 Å². The maximum atomic E-state index is 12.2. The molecule has 0 unspecified atom stereocenters. The highest BCUT2D eigenvalue weighted by Crippen LogP contribution is 2.15. The highest BCUT2D eigenvalue weighted by molar-refractivity contribution is 5.80. The Morgan fingerprint density at radius 3 is 2.55 bits per heavy atom. The van der Waals surface area contributed by atoms with Crippen LogP contribution in [0.25, 0.3) is 0 Å². The number of ether oxygens (including phenoxy) is 1. The number of benzene rings is 1. The van der Waals surface area contributed by atoms with Crippen LogP contribution in [0.1, 0.15) is 24.2 Å². The maximum absolute atomic E-state index is 12.2. The predicted molar refractivity (Wildman–Crippen MR) is 85.2 cm³/mol. The molecule has 1 aromatic carbocycles. The summed E-state index contributed by atoms with van der Waals surface area (Å²) in [6.07, 6.45) is 0.741. The van der Waals surface area contributed by atoms with Crippen LogP contribution in [0.15, 0.2) is 24.3 Å². The number of carbonyl (C=O) groups excluding carboxylic acids is 2. The third-order valence-electron chi connectivity index (χ3n) is 3.75. The number of nitrogens with zero attached hydrogens (tertiary/aromatic N) is 2. The van der Waals surface area contributed by atoms with Gasteiger partial charge in [-0.05, 0) is 18.1 Å². The molecule has 0 radical (unpaired) electrons. The third kappa shape index (κ3) is 4.56. The van der Waals surface area contributed by atoms with Gasteiger partial charge in [-0.25, -0.2) is 0 Å². The van der Waals surface area contributed by atoms with Crippen LogP contribution >= 0.6 is 0 Å². The SMILES string of the molecule is CC(C)CN1CCN(C(=O)COc2ccccc2C=O)CC1. The summed E-state index contributed by atoms with van der Waals surface area (Å²) >= 11 is 0.